The smallest absolute Gasteiger partial charge is 0.306 e. The summed E-state index contributed by atoms with van der Waals surface area (Å²) >= 11 is 0. The van der Waals surface area contributed by atoms with Gasteiger partial charge in [0.05, 0.1) is 17.3 Å². The molecule has 0 N–H and O–H groups in total. The molecule has 33 heavy (non-hydrogen) atoms. The number of hydrogen-bond donors (Lipinski definition) is 0. The summed E-state index contributed by atoms with van der Waals surface area (Å²) in [5.74, 6) is -0.149. The van der Waals surface area contributed by atoms with Crippen LogP contribution in [0.5, 0.6) is 0 Å². The number of aryl methyl sites for hydroxylation is 1. The first kappa shape index (κ1) is 22.7. The number of esters is 1. The molecule has 0 saturated carbocycles. The van der Waals surface area contributed by atoms with Gasteiger partial charge < -0.3 is 9.64 Å². The molecule has 0 spiro atoms. The highest BCUT2D eigenvalue weighted by molar-refractivity contribution is 5.81. The maximum absolute atomic E-state index is 12.5. The Kier molecular flexibility index (Phi) is 7.14. The lowest BCUT2D eigenvalue weighted by atomic mass is 10.2. The molecule has 0 unspecified atom stereocenters. The van der Waals surface area contributed by atoms with Gasteiger partial charge in [-0.1, -0.05) is 42.5 Å². The molecule has 8 heteroatoms. The summed E-state index contributed by atoms with van der Waals surface area (Å²) in [5, 5.41) is 0.542. The summed E-state index contributed by atoms with van der Waals surface area (Å²) in [4.78, 5) is 45.7. The Balaban J connectivity index is 1.22. The Hall–Kier alpha value is -3.52. The van der Waals surface area contributed by atoms with Crippen molar-refractivity contribution in [3.05, 3.63) is 76.3 Å². The van der Waals surface area contributed by atoms with Crippen LogP contribution in [0.25, 0.3) is 10.9 Å². The third-order valence-corrected chi connectivity index (χ3v) is 5.96. The molecule has 8 nitrogen and oxygen atoms in total. The van der Waals surface area contributed by atoms with E-state index in [2.05, 4.69) is 22.0 Å². The lowest BCUT2D eigenvalue weighted by Crippen LogP contribution is -2.49. The molecule has 1 fully saturated rings. The fraction of sp³-hybridized carbons (Fsp3) is 0.360. The van der Waals surface area contributed by atoms with Crippen molar-refractivity contribution < 1.29 is 14.3 Å². The Labute approximate surface area is 192 Å². The SMILES string of the molecule is Cn1c(CCC(=O)OCC(=O)N2CCN(Cc3ccccc3)CC2)nc2ccccc2c1=O. The van der Waals surface area contributed by atoms with E-state index in [0.717, 1.165) is 19.6 Å². The number of rotatable bonds is 7. The number of piperazine rings is 1. The second kappa shape index (κ2) is 10.4. The molecular weight excluding hydrogens is 420 g/mol. The Morgan fingerprint density at radius 1 is 0.970 bits per heavy atom. The van der Waals surface area contributed by atoms with Gasteiger partial charge in [0.2, 0.25) is 0 Å². The molecular formula is C25H28N4O4. The number of para-hydroxylation sites is 1. The van der Waals surface area contributed by atoms with Crippen molar-refractivity contribution in [1.29, 1.82) is 0 Å². The highest BCUT2D eigenvalue weighted by Gasteiger charge is 2.22. The minimum absolute atomic E-state index is 0.0523. The minimum atomic E-state index is -0.478. The number of fused-ring (bicyclic) bond motifs is 1. The van der Waals surface area contributed by atoms with Crippen molar-refractivity contribution in [3.63, 3.8) is 0 Å². The van der Waals surface area contributed by atoms with E-state index in [1.54, 1.807) is 30.1 Å². The molecule has 1 aromatic heterocycles. The van der Waals surface area contributed by atoms with Gasteiger partial charge in [0.15, 0.2) is 6.61 Å². The van der Waals surface area contributed by atoms with Gasteiger partial charge in [-0.3, -0.25) is 23.9 Å². The number of aromatic nitrogens is 2. The molecule has 172 valence electrons. The minimum Gasteiger partial charge on any atom is -0.456 e. The standard InChI is InChI=1S/C25H28N4O4/c1-27-22(26-21-10-6-5-9-20(21)25(27)32)11-12-24(31)33-18-23(30)29-15-13-28(14-16-29)17-19-7-3-2-4-8-19/h2-10H,11-18H2,1H3. The maximum Gasteiger partial charge on any atom is 0.306 e. The third-order valence-electron chi connectivity index (χ3n) is 5.96. The van der Waals surface area contributed by atoms with Crippen LogP contribution in [0.4, 0.5) is 0 Å². The maximum atomic E-state index is 12.5. The summed E-state index contributed by atoms with van der Waals surface area (Å²) in [6.07, 6.45) is 0.318. The molecule has 4 rings (SSSR count). The summed E-state index contributed by atoms with van der Waals surface area (Å²) in [6, 6.07) is 17.4. The number of amides is 1. The molecule has 0 aliphatic carbocycles. The van der Waals surface area contributed by atoms with Crippen LogP contribution in [0.3, 0.4) is 0 Å². The van der Waals surface area contributed by atoms with E-state index in [-0.39, 0.29) is 30.9 Å². The highest BCUT2D eigenvalue weighted by atomic mass is 16.5. The number of ether oxygens (including phenoxy) is 1. The first-order chi connectivity index (χ1) is 16.0. The van der Waals surface area contributed by atoms with E-state index in [0.29, 0.717) is 29.8 Å². The van der Waals surface area contributed by atoms with Gasteiger partial charge in [-0.05, 0) is 17.7 Å². The predicted octanol–water partition coefficient (Wildman–Crippen LogP) is 1.75. The van der Waals surface area contributed by atoms with E-state index in [1.165, 1.54) is 10.1 Å². The monoisotopic (exact) mass is 448 g/mol. The average molecular weight is 449 g/mol. The molecule has 1 amide bonds. The van der Waals surface area contributed by atoms with E-state index in [4.69, 9.17) is 4.74 Å². The van der Waals surface area contributed by atoms with Gasteiger partial charge in [0.1, 0.15) is 5.82 Å². The number of nitrogens with zero attached hydrogens (tertiary/aromatic N) is 4. The van der Waals surface area contributed by atoms with Crippen molar-refractivity contribution in [1.82, 2.24) is 19.4 Å². The Bertz CT molecular complexity index is 1180. The number of hydrogen-bond acceptors (Lipinski definition) is 6. The largest absolute Gasteiger partial charge is 0.456 e. The second-order valence-corrected chi connectivity index (χ2v) is 8.21. The van der Waals surface area contributed by atoms with Gasteiger partial charge in [0, 0.05) is 46.2 Å². The topological polar surface area (TPSA) is 84.7 Å². The zero-order chi connectivity index (χ0) is 23.2. The molecule has 1 saturated heterocycles. The first-order valence-electron chi connectivity index (χ1n) is 11.2. The van der Waals surface area contributed by atoms with Crippen LogP contribution in [0.15, 0.2) is 59.4 Å². The second-order valence-electron chi connectivity index (χ2n) is 8.21. The zero-order valence-electron chi connectivity index (χ0n) is 18.8. The van der Waals surface area contributed by atoms with Crippen LogP contribution in [0.1, 0.15) is 17.8 Å². The van der Waals surface area contributed by atoms with Crippen LogP contribution in [0, 0.1) is 0 Å². The molecule has 2 heterocycles. The summed E-state index contributed by atoms with van der Waals surface area (Å²) in [5.41, 5.74) is 1.71. The fourth-order valence-corrected chi connectivity index (χ4v) is 4.00. The van der Waals surface area contributed by atoms with Crippen molar-refractivity contribution in [2.75, 3.05) is 32.8 Å². The molecule has 0 radical (unpaired) electrons. The van der Waals surface area contributed by atoms with Gasteiger partial charge in [0.25, 0.3) is 11.5 Å². The first-order valence-corrected chi connectivity index (χ1v) is 11.2. The van der Waals surface area contributed by atoms with Crippen LogP contribution in [-0.2, 0) is 34.3 Å². The summed E-state index contributed by atoms with van der Waals surface area (Å²) < 4.78 is 6.65. The van der Waals surface area contributed by atoms with Gasteiger partial charge >= 0.3 is 5.97 Å². The zero-order valence-corrected chi connectivity index (χ0v) is 18.8. The van der Waals surface area contributed by atoms with E-state index in [9.17, 15) is 14.4 Å². The Morgan fingerprint density at radius 3 is 2.42 bits per heavy atom. The van der Waals surface area contributed by atoms with E-state index < -0.39 is 5.97 Å². The van der Waals surface area contributed by atoms with Gasteiger partial charge in [-0.2, -0.15) is 0 Å². The number of carbonyl (C=O) groups is 2. The van der Waals surface area contributed by atoms with Crippen molar-refractivity contribution in [2.24, 2.45) is 7.05 Å². The van der Waals surface area contributed by atoms with Gasteiger partial charge in [-0.15, -0.1) is 0 Å². The van der Waals surface area contributed by atoms with Crippen molar-refractivity contribution in [2.45, 2.75) is 19.4 Å². The number of carbonyl (C=O) groups excluding carboxylic acids is 2. The summed E-state index contributed by atoms with van der Waals surface area (Å²) in [7, 11) is 1.64. The lowest BCUT2D eigenvalue weighted by Gasteiger charge is -2.34. The fourth-order valence-electron chi connectivity index (χ4n) is 4.00. The quantitative estimate of drug-likeness (QED) is 0.512. The molecule has 1 aliphatic heterocycles. The van der Waals surface area contributed by atoms with E-state index in [1.807, 2.05) is 24.3 Å². The van der Waals surface area contributed by atoms with Crippen molar-refractivity contribution in [3.8, 4) is 0 Å². The van der Waals surface area contributed by atoms with Crippen LogP contribution in [0.2, 0.25) is 0 Å². The van der Waals surface area contributed by atoms with Crippen molar-refractivity contribution >= 4 is 22.8 Å². The average Bonchev–Trinajstić information content (AvgIpc) is 2.85. The molecule has 1 aliphatic rings. The summed E-state index contributed by atoms with van der Waals surface area (Å²) in [6.45, 7) is 3.41. The van der Waals surface area contributed by atoms with Crippen LogP contribution >= 0.6 is 0 Å². The number of benzene rings is 2. The van der Waals surface area contributed by atoms with E-state index >= 15 is 0 Å². The highest BCUT2D eigenvalue weighted by Crippen LogP contribution is 2.10. The van der Waals surface area contributed by atoms with Gasteiger partial charge in [-0.25, -0.2) is 4.98 Å². The van der Waals surface area contributed by atoms with Crippen LogP contribution < -0.4 is 5.56 Å². The molecule has 3 aromatic rings. The Morgan fingerprint density at radius 2 is 1.67 bits per heavy atom. The lowest BCUT2D eigenvalue weighted by molar-refractivity contribution is -0.152. The predicted molar refractivity (Wildman–Crippen MR) is 125 cm³/mol. The normalized spacial score (nSPS) is 14.4. The molecule has 0 atom stereocenters. The molecule has 0 bridgehead atoms. The third kappa shape index (κ3) is 5.64. The van der Waals surface area contributed by atoms with Crippen LogP contribution in [-0.4, -0.2) is 64.0 Å². The molecule has 2 aromatic carbocycles.